The molecular formula is C10H6BrNO6S-2. The minimum Gasteiger partial charge on any atom is -0.545 e. The van der Waals surface area contributed by atoms with Crippen LogP contribution in [-0.2, 0) is 14.3 Å². The molecule has 0 aliphatic carbocycles. The summed E-state index contributed by atoms with van der Waals surface area (Å²) in [5, 5.41) is 23.6. The van der Waals surface area contributed by atoms with E-state index in [1.165, 1.54) is 13.2 Å². The Bertz CT molecular complexity index is 548. The summed E-state index contributed by atoms with van der Waals surface area (Å²) in [6, 6.07) is 1.45. The van der Waals surface area contributed by atoms with Gasteiger partial charge in [0, 0.05) is 11.8 Å². The molecule has 0 amide bonds. The number of aliphatic carboxylic acids is 2. The Hall–Kier alpha value is -1.87. The average molecular weight is 348 g/mol. The van der Waals surface area contributed by atoms with Crippen molar-refractivity contribution in [3.05, 3.63) is 27.2 Å². The topological polar surface area (TPSA) is 119 Å². The lowest BCUT2D eigenvalue weighted by atomic mass is 10.3. The van der Waals surface area contributed by atoms with Crippen molar-refractivity contribution in [3.8, 4) is 0 Å². The van der Waals surface area contributed by atoms with Crippen LogP contribution in [0.4, 0.5) is 5.00 Å². The summed E-state index contributed by atoms with van der Waals surface area (Å²) in [5.41, 5.74) is -0.938. The van der Waals surface area contributed by atoms with Gasteiger partial charge in [0.2, 0.25) is 0 Å². The van der Waals surface area contributed by atoms with Gasteiger partial charge in [-0.15, -0.1) is 11.3 Å². The number of nitrogens with one attached hydrogen (secondary N) is 1. The molecule has 9 heteroatoms. The molecular weight excluding hydrogens is 342 g/mol. The number of carbonyl (C=O) groups excluding carboxylic acids is 3. The van der Waals surface area contributed by atoms with E-state index >= 15 is 0 Å². The summed E-state index contributed by atoms with van der Waals surface area (Å²) in [6.45, 7) is 0. The third kappa shape index (κ3) is 3.80. The predicted octanol–water partition coefficient (Wildman–Crippen LogP) is -0.907. The SMILES string of the molecule is COC(=O)c1cc(Br)sc1NC=C(C(=O)[O-])C(=O)[O-]. The molecule has 1 heterocycles. The third-order valence-corrected chi connectivity index (χ3v) is 3.46. The van der Waals surface area contributed by atoms with E-state index in [9.17, 15) is 24.6 Å². The van der Waals surface area contributed by atoms with E-state index in [0.29, 0.717) is 9.99 Å². The van der Waals surface area contributed by atoms with Crippen molar-refractivity contribution in [2.45, 2.75) is 0 Å². The highest BCUT2D eigenvalue weighted by Gasteiger charge is 2.15. The molecule has 0 saturated carbocycles. The number of carbonyl (C=O) groups is 3. The molecule has 0 atom stereocenters. The van der Waals surface area contributed by atoms with Crippen molar-refractivity contribution < 1.29 is 29.3 Å². The smallest absolute Gasteiger partial charge is 0.340 e. The molecule has 0 unspecified atom stereocenters. The van der Waals surface area contributed by atoms with E-state index in [-0.39, 0.29) is 10.6 Å². The summed E-state index contributed by atoms with van der Waals surface area (Å²) < 4.78 is 5.10. The van der Waals surface area contributed by atoms with Crippen molar-refractivity contribution in [2.75, 3.05) is 12.4 Å². The maximum atomic E-state index is 11.4. The number of carboxylic acids is 2. The molecule has 1 aromatic heterocycles. The Balaban J connectivity index is 3.06. The molecule has 0 saturated heterocycles. The van der Waals surface area contributed by atoms with Crippen molar-refractivity contribution in [2.24, 2.45) is 0 Å². The van der Waals surface area contributed by atoms with Crippen LogP contribution in [0.2, 0.25) is 0 Å². The van der Waals surface area contributed by atoms with Gasteiger partial charge in [0.15, 0.2) is 0 Å². The zero-order valence-corrected chi connectivity index (χ0v) is 11.8. The first kappa shape index (κ1) is 15.2. The maximum Gasteiger partial charge on any atom is 0.340 e. The maximum absolute atomic E-state index is 11.4. The summed E-state index contributed by atoms with van der Waals surface area (Å²) in [4.78, 5) is 32.4. The summed E-state index contributed by atoms with van der Waals surface area (Å²) >= 11 is 4.20. The highest BCUT2D eigenvalue weighted by Crippen LogP contribution is 2.32. The van der Waals surface area contributed by atoms with Gasteiger partial charge in [-0.1, -0.05) is 0 Å². The molecule has 0 bridgehead atoms. The molecule has 1 rings (SSSR count). The van der Waals surface area contributed by atoms with Crippen LogP contribution < -0.4 is 15.5 Å². The zero-order chi connectivity index (χ0) is 14.6. The molecule has 0 aromatic carbocycles. The minimum absolute atomic E-state index is 0.131. The number of carboxylic acid groups (broad SMARTS) is 2. The predicted molar refractivity (Wildman–Crippen MR) is 65.1 cm³/mol. The number of hydrogen-bond donors (Lipinski definition) is 1. The fraction of sp³-hybridized carbons (Fsp3) is 0.100. The van der Waals surface area contributed by atoms with E-state index in [1.807, 2.05) is 0 Å². The standard InChI is InChI=1S/C10H8BrNO6S/c1-18-10(17)4-2-6(11)19-7(4)12-3-5(8(13)14)9(15)16/h2-3,12H,1H3,(H,13,14)(H,15,16)/p-2. The lowest BCUT2D eigenvalue weighted by molar-refractivity contribution is -0.312. The fourth-order valence-corrected chi connectivity index (χ4v) is 2.53. The highest BCUT2D eigenvalue weighted by atomic mass is 79.9. The Morgan fingerprint density at radius 3 is 2.42 bits per heavy atom. The van der Waals surface area contributed by atoms with Gasteiger partial charge in [0.25, 0.3) is 0 Å². The number of rotatable bonds is 5. The monoisotopic (exact) mass is 347 g/mol. The van der Waals surface area contributed by atoms with Gasteiger partial charge < -0.3 is 29.9 Å². The average Bonchev–Trinajstić information content (AvgIpc) is 2.69. The van der Waals surface area contributed by atoms with Crippen LogP contribution in [0.3, 0.4) is 0 Å². The van der Waals surface area contributed by atoms with Crippen LogP contribution in [0.25, 0.3) is 0 Å². The largest absolute Gasteiger partial charge is 0.545 e. The molecule has 19 heavy (non-hydrogen) atoms. The van der Waals surface area contributed by atoms with Gasteiger partial charge >= 0.3 is 5.97 Å². The number of ether oxygens (including phenoxy) is 1. The molecule has 0 aliphatic rings. The number of methoxy groups -OCH3 is 1. The van der Waals surface area contributed by atoms with Gasteiger partial charge in [0.05, 0.1) is 28.4 Å². The van der Waals surface area contributed by atoms with Gasteiger partial charge in [-0.3, -0.25) is 0 Å². The fourth-order valence-electron chi connectivity index (χ4n) is 1.07. The number of halogens is 1. The van der Waals surface area contributed by atoms with Crippen molar-refractivity contribution in [1.82, 2.24) is 0 Å². The Morgan fingerprint density at radius 2 is 1.95 bits per heavy atom. The summed E-state index contributed by atoms with van der Waals surface area (Å²) in [7, 11) is 1.18. The Morgan fingerprint density at radius 1 is 1.37 bits per heavy atom. The lowest BCUT2D eigenvalue weighted by Gasteiger charge is -2.10. The van der Waals surface area contributed by atoms with E-state index in [0.717, 1.165) is 11.3 Å². The normalized spacial score (nSPS) is 9.58. The molecule has 7 nitrogen and oxygen atoms in total. The van der Waals surface area contributed by atoms with Crippen LogP contribution >= 0.6 is 27.3 Å². The Kier molecular flexibility index (Phi) is 5.07. The van der Waals surface area contributed by atoms with Crippen LogP contribution in [-0.4, -0.2) is 25.0 Å². The number of esters is 1. The lowest BCUT2D eigenvalue weighted by Crippen LogP contribution is -2.36. The second-order valence-corrected chi connectivity index (χ2v) is 5.49. The quantitative estimate of drug-likeness (QED) is 0.317. The van der Waals surface area contributed by atoms with E-state index in [1.54, 1.807) is 0 Å². The second-order valence-electron chi connectivity index (χ2n) is 3.06. The Labute approximate surface area is 119 Å². The highest BCUT2D eigenvalue weighted by molar-refractivity contribution is 9.11. The second kappa shape index (κ2) is 6.34. The van der Waals surface area contributed by atoms with E-state index in [2.05, 4.69) is 26.0 Å². The molecule has 102 valence electrons. The molecule has 0 fully saturated rings. The molecule has 1 aromatic rings. The summed E-state index contributed by atoms with van der Waals surface area (Å²) in [5.74, 6) is -4.45. The van der Waals surface area contributed by atoms with Crippen molar-refractivity contribution in [3.63, 3.8) is 0 Å². The van der Waals surface area contributed by atoms with Crippen LogP contribution in [0, 0.1) is 0 Å². The van der Waals surface area contributed by atoms with Crippen molar-refractivity contribution >= 4 is 50.2 Å². The zero-order valence-electron chi connectivity index (χ0n) is 9.39. The number of hydrogen-bond acceptors (Lipinski definition) is 8. The van der Waals surface area contributed by atoms with E-state index in [4.69, 9.17) is 0 Å². The first-order chi connectivity index (χ1) is 8.86. The van der Waals surface area contributed by atoms with Crippen LogP contribution in [0.1, 0.15) is 10.4 Å². The third-order valence-electron chi connectivity index (χ3n) is 1.89. The molecule has 0 radical (unpaired) electrons. The molecule has 0 aliphatic heterocycles. The van der Waals surface area contributed by atoms with Crippen molar-refractivity contribution in [1.29, 1.82) is 0 Å². The van der Waals surface area contributed by atoms with Crippen LogP contribution in [0.15, 0.2) is 21.6 Å². The molecule has 0 spiro atoms. The minimum atomic E-state index is -1.90. The van der Waals surface area contributed by atoms with E-state index < -0.39 is 23.5 Å². The van der Waals surface area contributed by atoms with Gasteiger partial charge in [0.1, 0.15) is 5.00 Å². The number of thiophene rings is 1. The van der Waals surface area contributed by atoms with Gasteiger partial charge in [-0.25, -0.2) is 4.79 Å². The first-order valence-corrected chi connectivity index (χ1v) is 6.24. The first-order valence-electron chi connectivity index (χ1n) is 4.63. The van der Waals surface area contributed by atoms with Crippen LogP contribution in [0.5, 0.6) is 0 Å². The van der Waals surface area contributed by atoms with Gasteiger partial charge in [-0.2, -0.15) is 0 Å². The molecule has 1 N–H and O–H groups in total. The van der Waals surface area contributed by atoms with Gasteiger partial charge in [-0.05, 0) is 22.0 Å². The number of anilines is 1. The summed E-state index contributed by atoms with van der Waals surface area (Å²) in [6.07, 6.45) is 0.676.